The molecule has 3 aromatic carbocycles. The molecule has 4 aromatic rings. The summed E-state index contributed by atoms with van der Waals surface area (Å²) in [5.74, 6) is 0.212. The lowest BCUT2D eigenvalue weighted by Gasteiger charge is -2.43. The molecule has 6 nitrogen and oxygen atoms in total. The SMILES string of the molecule is Cc1ccc(N2C(=O)C3C4CC(C3C2=O)C2C4Sc3[nH]c(=O)sc3[C@@H]2c2ccccc2OCc2cccc(C)c2)cc1. The van der Waals surface area contributed by atoms with Gasteiger partial charge in [-0.3, -0.25) is 19.3 Å². The molecule has 212 valence electrons. The first-order valence-electron chi connectivity index (χ1n) is 14.5. The van der Waals surface area contributed by atoms with Crippen LogP contribution < -0.4 is 14.5 Å². The third-order valence-corrected chi connectivity index (χ3v) is 12.3. The molecule has 0 spiro atoms. The summed E-state index contributed by atoms with van der Waals surface area (Å²) in [5.41, 5.74) is 5.09. The maximum atomic E-state index is 14.0. The minimum atomic E-state index is -0.328. The summed E-state index contributed by atoms with van der Waals surface area (Å²) >= 11 is 2.98. The molecule has 1 N–H and O–H groups in total. The van der Waals surface area contributed by atoms with Crippen LogP contribution in [0.1, 0.15) is 39.5 Å². The van der Waals surface area contributed by atoms with Crippen LogP contribution in [0.15, 0.2) is 82.6 Å². The first-order chi connectivity index (χ1) is 20.4. The van der Waals surface area contributed by atoms with Crippen molar-refractivity contribution in [2.45, 2.75) is 43.1 Å². The summed E-state index contributed by atoms with van der Waals surface area (Å²) in [6.45, 7) is 4.52. The largest absolute Gasteiger partial charge is 0.489 e. The Kier molecular flexibility index (Phi) is 6.02. The van der Waals surface area contributed by atoms with Crippen LogP contribution in [0, 0.1) is 43.4 Å². The molecule has 1 saturated heterocycles. The molecule has 8 rings (SSSR count). The van der Waals surface area contributed by atoms with Crippen molar-refractivity contribution in [1.29, 1.82) is 0 Å². The Balaban J connectivity index is 1.18. The summed E-state index contributed by atoms with van der Waals surface area (Å²) in [5, 5.41) is 1.04. The highest BCUT2D eigenvalue weighted by Crippen LogP contribution is 2.69. The Morgan fingerprint density at radius 1 is 0.881 bits per heavy atom. The van der Waals surface area contributed by atoms with Crippen LogP contribution >= 0.6 is 23.1 Å². The number of amides is 2. The van der Waals surface area contributed by atoms with Crippen molar-refractivity contribution in [3.05, 3.63) is 110 Å². The van der Waals surface area contributed by atoms with E-state index in [1.54, 1.807) is 11.8 Å². The molecule has 4 aliphatic rings. The maximum Gasteiger partial charge on any atom is 0.305 e. The number of aromatic amines is 1. The number of benzene rings is 3. The fourth-order valence-electron chi connectivity index (χ4n) is 8.15. The summed E-state index contributed by atoms with van der Waals surface area (Å²) in [7, 11) is 0. The van der Waals surface area contributed by atoms with Gasteiger partial charge in [0, 0.05) is 21.6 Å². The van der Waals surface area contributed by atoms with E-state index < -0.39 is 0 Å². The Labute approximate surface area is 252 Å². The van der Waals surface area contributed by atoms with Gasteiger partial charge in [-0.05, 0) is 61.8 Å². The van der Waals surface area contributed by atoms with Gasteiger partial charge in [0.15, 0.2) is 0 Å². The zero-order valence-corrected chi connectivity index (χ0v) is 24.9. The van der Waals surface area contributed by atoms with E-state index in [4.69, 9.17) is 4.74 Å². The van der Waals surface area contributed by atoms with Crippen molar-refractivity contribution in [1.82, 2.24) is 4.98 Å². The van der Waals surface area contributed by atoms with Crippen LogP contribution in [0.4, 0.5) is 5.69 Å². The van der Waals surface area contributed by atoms with E-state index in [1.807, 2.05) is 55.5 Å². The second-order valence-corrected chi connectivity index (χ2v) is 14.3. The molecule has 2 saturated carbocycles. The first kappa shape index (κ1) is 26.0. The fourth-order valence-corrected chi connectivity index (χ4v) is 11.0. The van der Waals surface area contributed by atoms with Crippen LogP contribution in [0.5, 0.6) is 5.75 Å². The highest BCUT2D eigenvalue weighted by Gasteiger charge is 2.69. The summed E-state index contributed by atoms with van der Waals surface area (Å²) < 4.78 is 6.47. The number of rotatable bonds is 5. The van der Waals surface area contributed by atoms with Crippen molar-refractivity contribution >= 4 is 40.6 Å². The van der Waals surface area contributed by atoms with Gasteiger partial charge in [0.05, 0.1) is 22.5 Å². The molecule has 1 aromatic heterocycles. The molecule has 2 aliphatic carbocycles. The summed E-state index contributed by atoms with van der Waals surface area (Å²) in [4.78, 5) is 46.1. The van der Waals surface area contributed by atoms with Crippen molar-refractivity contribution in [2.75, 3.05) is 4.90 Å². The molecule has 2 bridgehead atoms. The second kappa shape index (κ2) is 9.71. The van der Waals surface area contributed by atoms with Crippen molar-refractivity contribution < 1.29 is 14.3 Å². The molecule has 6 unspecified atom stereocenters. The quantitative estimate of drug-likeness (QED) is 0.274. The van der Waals surface area contributed by atoms with Crippen LogP contribution in [0.2, 0.25) is 0 Å². The number of carbonyl (C=O) groups is 2. The van der Waals surface area contributed by atoms with Gasteiger partial charge in [-0.25, -0.2) is 0 Å². The molecule has 2 amide bonds. The van der Waals surface area contributed by atoms with E-state index in [9.17, 15) is 14.4 Å². The van der Waals surface area contributed by atoms with Crippen LogP contribution in [-0.4, -0.2) is 22.0 Å². The summed E-state index contributed by atoms with van der Waals surface area (Å²) in [6.07, 6.45) is 0.860. The van der Waals surface area contributed by atoms with Gasteiger partial charge in [-0.1, -0.05) is 77.1 Å². The molecule has 0 radical (unpaired) electrons. The van der Waals surface area contributed by atoms with Crippen molar-refractivity contribution in [3.8, 4) is 5.75 Å². The number of nitrogens with zero attached hydrogens (tertiary/aromatic N) is 1. The Hall–Kier alpha value is -3.62. The number of nitrogens with one attached hydrogen (secondary N) is 1. The predicted molar refractivity (Wildman–Crippen MR) is 164 cm³/mol. The number of H-pyrrole nitrogens is 1. The number of aryl methyl sites for hydroxylation is 2. The van der Waals surface area contributed by atoms with Gasteiger partial charge >= 0.3 is 4.87 Å². The van der Waals surface area contributed by atoms with Crippen LogP contribution in [0.3, 0.4) is 0 Å². The third kappa shape index (κ3) is 3.88. The van der Waals surface area contributed by atoms with E-state index in [0.29, 0.717) is 12.3 Å². The molecule has 3 fully saturated rings. The van der Waals surface area contributed by atoms with Gasteiger partial charge < -0.3 is 9.72 Å². The van der Waals surface area contributed by atoms with Gasteiger partial charge in [0.1, 0.15) is 12.4 Å². The molecular weight excluding hydrogens is 565 g/mol. The number of anilines is 1. The maximum absolute atomic E-state index is 14.0. The standard InChI is InChI=1S/C34H30N2O4S2/c1-17-10-12-20(13-11-17)36-32(37)27-22-15-23(28(27)33(36)38)29-26(22)25(30-31(41-29)35-34(39)42-30)21-8-3-4-9-24(21)40-16-19-7-5-6-18(2)14-19/h3-14,22-23,25-29H,15-16H2,1-2H3,(H,35,39)/t22?,23?,25-,26?,27?,28?,29?/m1/s1. The number of carbonyl (C=O) groups excluding carboxylic acids is 2. The predicted octanol–water partition coefficient (Wildman–Crippen LogP) is 6.31. The van der Waals surface area contributed by atoms with Crippen molar-refractivity contribution in [2.24, 2.45) is 29.6 Å². The van der Waals surface area contributed by atoms with Crippen LogP contribution in [-0.2, 0) is 16.2 Å². The number of thioether (sulfide) groups is 1. The Bertz CT molecular complexity index is 1790. The zero-order valence-electron chi connectivity index (χ0n) is 23.3. The summed E-state index contributed by atoms with van der Waals surface area (Å²) in [6, 6.07) is 24.1. The van der Waals surface area contributed by atoms with Crippen LogP contribution in [0.25, 0.3) is 0 Å². The number of ether oxygens (including phenoxy) is 1. The highest BCUT2D eigenvalue weighted by atomic mass is 32.2. The molecule has 2 aliphatic heterocycles. The minimum absolute atomic E-state index is 0.0598. The molecule has 42 heavy (non-hydrogen) atoms. The molecule has 8 heteroatoms. The van der Waals surface area contributed by atoms with Gasteiger partial charge in [0.2, 0.25) is 11.8 Å². The minimum Gasteiger partial charge on any atom is -0.489 e. The Morgan fingerprint density at radius 3 is 2.43 bits per heavy atom. The third-order valence-electron chi connectivity index (χ3n) is 9.75. The van der Waals surface area contributed by atoms with E-state index in [-0.39, 0.29) is 57.4 Å². The number of para-hydroxylation sites is 1. The first-order valence-corrected chi connectivity index (χ1v) is 16.2. The highest BCUT2D eigenvalue weighted by molar-refractivity contribution is 8.00. The number of hydrogen-bond donors (Lipinski definition) is 1. The molecular formula is C34H30N2O4S2. The number of imide groups is 1. The van der Waals surface area contributed by atoms with E-state index in [0.717, 1.165) is 38.8 Å². The lowest BCUT2D eigenvalue weighted by atomic mass is 9.68. The van der Waals surface area contributed by atoms with Gasteiger partial charge in [-0.15, -0.1) is 11.8 Å². The van der Waals surface area contributed by atoms with Crippen molar-refractivity contribution in [3.63, 3.8) is 0 Å². The number of aromatic nitrogens is 1. The second-order valence-electron chi connectivity index (χ2n) is 12.1. The lowest BCUT2D eigenvalue weighted by Crippen LogP contribution is -2.42. The number of fused-ring (bicyclic) bond motifs is 9. The molecule has 7 atom stereocenters. The monoisotopic (exact) mass is 594 g/mol. The van der Waals surface area contributed by atoms with E-state index in [1.165, 1.54) is 21.8 Å². The van der Waals surface area contributed by atoms with Gasteiger partial charge in [0.25, 0.3) is 0 Å². The number of hydrogen-bond acceptors (Lipinski definition) is 6. The average Bonchev–Trinajstić information content (AvgIpc) is 3.72. The normalized spacial score (nSPS) is 29.0. The van der Waals surface area contributed by atoms with Gasteiger partial charge in [-0.2, -0.15) is 0 Å². The smallest absolute Gasteiger partial charge is 0.305 e. The average molecular weight is 595 g/mol. The lowest BCUT2D eigenvalue weighted by molar-refractivity contribution is -0.123. The van der Waals surface area contributed by atoms with E-state index in [2.05, 4.69) is 36.2 Å². The fraction of sp³-hybridized carbons (Fsp3) is 0.324. The number of thiazole rings is 1. The topological polar surface area (TPSA) is 79.5 Å². The molecule has 3 heterocycles. The van der Waals surface area contributed by atoms with E-state index >= 15 is 0 Å². The zero-order chi connectivity index (χ0) is 28.7. The Morgan fingerprint density at radius 2 is 1.64 bits per heavy atom.